The lowest BCUT2D eigenvalue weighted by Crippen LogP contribution is -2.03. The van der Waals surface area contributed by atoms with E-state index in [2.05, 4.69) is 0 Å². The molecule has 2 aromatic rings. The Balaban J connectivity index is 2.09. The highest BCUT2D eigenvalue weighted by molar-refractivity contribution is 7.83. The first kappa shape index (κ1) is 19.5. The molecule has 0 fully saturated rings. The molecule has 26 heavy (non-hydrogen) atoms. The quantitative estimate of drug-likeness (QED) is 0.403. The van der Waals surface area contributed by atoms with Crippen LogP contribution in [0.1, 0.15) is 12.5 Å². The molecule has 6 nitrogen and oxygen atoms in total. The number of ether oxygens (including phenoxy) is 3. The lowest BCUT2D eigenvalue weighted by Gasteiger charge is -2.09. The zero-order valence-corrected chi connectivity index (χ0v) is 15.7. The third-order valence-electron chi connectivity index (χ3n) is 3.36. The zero-order valence-electron chi connectivity index (χ0n) is 14.9. The molecule has 0 aliphatic carbocycles. The van der Waals surface area contributed by atoms with Gasteiger partial charge in [0.1, 0.15) is 0 Å². The minimum absolute atomic E-state index is 0.345. The molecule has 0 saturated carbocycles. The normalized spacial score (nSPS) is 12.4. The molecule has 0 bridgehead atoms. The van der Waals surface area contributed by atoms with E-state index in [4.69, 9.17) is 14.2 Å². The minimum Gasteiger partial charge on any atom is -0.493 e. The highest BCUT2D eigenvalue weighted by Gasteiger charge is 2.11. The van der Waals surface area contributed by atoms with Crippen LogP contribution in [0.25, 0.3) is 6.08 Å². The van der Waals surface area contributed by atoms with E-state index in [9.17, 15) is 9.00 Å². The van der Waals surface area contributed by atoms with E-state index in [1.807, 2.05) is 6.07 Å². The van der Waals surface area contributed by atoms with Gasteiger partial charge in [-0.25, -0.2) is 9.00 Å². The van der Waals surface area contributed by atoms with Crippen LogP contribution in [0, 0.1) is 0 Å². The number of hydrogen-bond acceptors (Lipinski definition) is 5. The summed E-state index contributed by atoms with van der Waals surface area (Å²) >= 11 is 0. The maximum absolute atomic E-state index is 12.7. The molecular weight excluding hydrogens is 354 g/mol. The maximum Gasteiger partial charge on any atom is 0.330 e. The van der Waals surface area contributed by atoms with Gasteiger partial charge in [0.25, 0.3) is 0 Å². The second-order valence-corrected chi connectivity index (χ2v) is 6.43. The van der Waals surface area contributed by atoms with Crippen LogP contribution in [-0.2, 0) is 20.5 Å². The number of nitrogens with zero attached hydrogens (tertiary/aromatic N) is 1. The summed E-state index contributed by atoms with van der Waals surface area (Å²) in [6.45, 7) is 2.10. The largest absolute Gasteiger partial charge is 0.493 e. The highest BCUT2D eigenvalue weighted by Crippen LogP contribution is 2.29. The Morgan fingerprint density at radius 3 is 2.62 bits per heavy atom. The summed E-state index contributed by atoms with van der Waals surface area (Å²) in [6, 6.07) is 6.96. The van der Waals surface area contributed by atoms with Crippen molar-refractivity contribution in [2.75, 3.05) is 20.8 Å². The SMILES string of the molecule is CCOC(=O)/C=C/C=C/c1ccn(S(=O)c2ccc(OC)c(OC)c2)c1. The lowest BCUT2D eigenvalue weighted by atomic mass is 10.3. The Morgan fingerprint density at radius 2 is 1.92 bits per heavy atom. The Bertz CT molecular complexity index is 838. The second-order valence-electron chi connectivity index (χ2n) is 5.04. The summed E-state index contributed by atoms with van der Waals surface area (Å²) in [5.41, 5.74) is 0.854. The maximum atomic E-state index is 12.7. The Hall–Kier alpha value is -2.80. The second kappa shape index (κ2) is 9.62. The Morgan fingerprint density at radius 1 is 1.15 bits per heavy atom. The van der Waals surface area contributed by atoms with Crippen molar-refractivity contribution < 1.29 is 23.2 Å². The monoisotopic (exact) mass is 375 g/mol. The zero-order chi connectivity index (χ0) is 18.9. The molecule has 1 aromatic carbocycles. The summed E-state index contributed by atoms with van der Waals surface area (Å²) in [5.74, 6) is 0.719. The van der Waals surface area contributed by atoms with Gasteiger partial charge in [0.2, 0.25) is 0 Å². The van der Waals surface area contributed by atoms with Crippen LogP contribution >= 0.6 is 0 Å². The molecule has 1 unspecified atom stereocenters. The Kier molecular flexibility index (Phi) is 7.23. The van der Waals surface area contributed by atoms with Gasteiger partial charge in [-0.05, 0) is 30.7 Å². The first-order chi connectivity index (χ1) is 12.6. The van der Waals surface area contributed by atoms with Gasteiger partial charge in [-0.1, -0.05) is 18.2 Å². The number of benzene rings is 1. The fourth-order valence-corrected chi connectivity index (χ4v) is 3.16. The molecule has 0 spiro atoms. The molecule has 0 aliphatic rings. The number of aromatic nitrogens is 1. The van der Waals surface area contributed by atoms with Crippen LogP contribution in [0.5, 0.6) is 11.5 Å². The fraction of sp³-hybridized carbons (Fsp3) is 0.211. The smallest absolute Gasteiger partial charge is 0.330 e. The molecule has 1 heterocycles. The van der Waals surface area contributed by atoms with Crippen molar-refractivity contribution in [3.8, 4) is 11.5 Å². The highest BCUT2D eigenvalue weighted by atomic mass is 32.2. The number of allylic oxidation sites excluding steroid dienone is 2. The van der Waals surface area contributed by atoms with Crippen molar-refractivity contribution >= 4 is 23.0 Å². The summed E-state index contributed by atoms with van der Waals surface area (Å²) in [7, 11) is 1.68. The van der Waals surface area contributed by atoms with E-state index in [1.54, 1.807) is 66.8 Å². The van der Waals surface area contributed by atoms with Gasteiger partial charge in [0.05, 0.1) is 25.7 Å². The fourth-order valence-electron chi connectivity index (χ4n) is 2.13. The molecule has 0 N–H and O–H groups in total. The minimum atomic E-state index is -1.41. The van der Waals surface area contributed by atoms with Crippen LogP contribution in [0.15, 0.2) is 59.8 Å². The third kappa shape index (κ3) is 5.10. The summed E-state index contributed by atoms with van der Waals surface area (Å²) < 4.78 is 29.5. The average Bonchev–Trinajstić information content (AvgIpc) is 3.13. The number of esters is 1. The van der Waals surface area contributed by atoms with E-state index >= 15 is 0 Å². The van der Waals surface area contributed by atoms with Gasteiger partial charge in [-0.3, -0.25) is 3.97 Å². The van der Waals surface area contributed by atoms with Gasteiger partial charge in [0, 0.05) is 24.5 Å². The van der Waals surface area contributed by atoms with Crippen LogP contribution < -0.4 is 9.47 Å². The molecule has 0 radical (unpaired) electrons. The van der Waals surface area contributed by atoms with Crippen molar-refractivity contribution in [3.05, 3.63) is 60.5 Å². The summed E-state index contributed by atoms with van der Waals surface area (Å²) in [5, 5.41) is 0. The number of rotatable bonds is 8. The number of methoxy groups -OCH3 is 2. The number of carbonyl (C=O) groups is 1. The molecule has 0 aliphatic heterocycles. The molecule has 0 saturated heterocycles. The van der Waals surface area contributed by atoms with Crippen molar-refractivity contribution in [1.29, 1.82) is 0 Å². The van der Waals surface area contributed by atoms with Gasteiger partial charge in [-0.15, -0.1) is 0 Å². The molecule has 1 atom stereocenters. The van der Waals surface area contributed by atoms with Crippen molar-refractivity contribution in [3.63, 3.8) is 0 Å². The Labute approximate surface area is 155 Å². The lowest BCUT2D eigenvalue weighted by molar-refractivity contribution is -0.137. The average molecular weight is 375 g/mol. The topological polar surface area (TPSA) is 66.8 Å². The van der Waals surface area contributed by atoms with Crippen molar-refractivity contribution in [2.24, 2.45) is 0 Å². The van der Waals surface area contributed by atoms with Gasteiger partial charge >= 0.3 is 5.97 Å². The molecule has 2 rings (SSSR count). The standard InChI is InChI=1S/C19H21NO5S/c1-4-25-19(21)8-6-5-7-15-11-12-20(14-15)26(22)16-9-10-17(23-2)18(13-16)24-3/h5-14H,4H2,1-3H3/b7-5+,8-6+. The third-order valence-corrected chi connectivity index (χ3v) is 4.62. The van der Waals surface area contributed by atoms with Crippen molar-refractivity contribution in [2.45, 2.75) is 11.8 Å². The molecule has 7 heteroatoms. The molecule has 138 valence electrons. The first-order valence-corrected chi connectivity index (χ1v) is 9.03. The molecule has 1 aromatic heterocycles. The summed E-state index contributed by atoms with van der Waals surface area (Å²) in [4.78, 5) is 11.8. The van der Waals surface area contributed by atoms with E-state index in [0.29, 0.717) is 23.0 Å². The van der Waals surface area contributed by atoms with Crippen LogP contribution in [0.4, 0.5) is 0 Å². The number of carbonyl (C=O) groups excluding carboxylic acids is 1. The van der Waals surface area contributed by atoms with Gasteiger partial charge in [-0.2, -0.15) is 0 Å². The summed E-state index contributed by atoms with van der Waals surface area (Å²) in [6.07, 6.45) is 9.94. The van der Waals surface area contributed by atoms with Gasteiger partial charge in [0.15, 0.2) is 22.5 Å². The first-order valence-electron chi connectivity index (χ1n) is 7.92. The van der Waals surface area contributed by atoms with Crippen LogP contribution in [0.2, 0.25) is 0 Å². The van der Waals surface area contributed by atoms with Crippen molar-refractivity contribution in [1.82, 2.24) is 3.97 Å². The van der Waals surface area contributed by atoms with Crippen LogP contribution in [0.3, 0.4) is 0 Å². The van der Waals surface area contributed by atoms with Crippen LogP contribution in [-0.4, -0.2) is 35.0 Å². The molecule has 0 amide bonds. The number of hydrogen-bond donors (Lipinski definition) is 0. The van der Waals surface area contributed by atoms with E-state index < -0.39 is 11.0 Å². The van der Waals surface area contributed by atoms with E-state index in [0.717, 1.165) is 5.56 Å². The predicted octanol–water partition coefficient (Wildman–Crippen LogP) is 3.21. The van der Waals surface area contributed by atoms with Gasteiger partial charge < -0.3 is 14.2 Å². The molecular formula is C19H21NO5S. The van der Waals surface area contributed by atoms with E-state index in [-0.39, 0.29) is 5.97 Å². The van der Waals surface area contributed by atoms with E-state index in [1.165, 1.54) is 13.2 Å². The predicted molar refractivity (Wildman–Crippen MR) is 101 cm³/mol.